The highest BCUT2D eigenvalue weighted by Gasteiger charge is 2.11. The zero-order valence-electron chi connectivity index (χ0n) is 13.4. The lowest BCUT2D eigenvalue weighted by atomic mass is 10.2. The third-order valence-corrected chi connectivity index (χ3v) is 3.26. The maximum atomic E-state index is 12.0. The number of phenolic OH excluding ortho intramolecular Hbond substituents is 2. The van der Waals surface area contributed by atoms with Gasteiger partial charge in [-0.25, -0.2) is 5.43 Å². The molecule has 2 aromatic carbocycles. The molecular formula is C17H19N3O4. The van der Waals surface area contributed by atoms with Gasteiger partial charge in [-0.05, 0) is 43.3 Å². The molecule has 0 aromatic heterocycles. The lowest BCUT2D eigenvalue weighted by molar-refractivity contribution is -0.121. The number of rotatable bonds is 6. The summed E-state index contributed by atoms with van der Waals surface area (Å²) < 4.78 is 5.07. The Kier molecular flexibility index (Phi) is 5.62. The fraction of sp³-hybridized carbons (Fsp3) is 0.176. The molecule has 0 heterocycles. The highest BCUT2D eigenvalue weighted by Crippen LogP contribution is 2.20. The van der Waals surface area contributed by atoms with Crippen molar-refractivity contribution in [2.75, 3.05) is 12.4 Å². The van der Waals surface area contributed by atoms with Crippen LogP contribution in [-0.2, 0) is 4.79 Å². The minimum absolute atomic E-state index is 0.0500. The van der Waals surface area contributed by atoms with E-state index in [1.807, 2.05) is 0 Å². The molecule has 2 aromatic rings. The number of hydrogen-bond acceptors (Lipinski definition) is 6. The molecule has 0 aliphatic carbocycles. The number of anilines is 1. The van der Waals surface area contributed by atoms with Crippen LogP contribution in [0, 0.1) is 0 Å². The van der Waals surface area contributed by atoms with E-state index in [0.717, 1.165) is 11.4 Å². The van der Waals surface area contributed by atoms with Gasteiger partial charge >= 0.3 is 0 Å². The average Bonchev–Trinajstić information content (AvgIpc) is 2.57. The summed E-state index contributed by atoms with van der Waals surface area (Å²) in [6, 6.07) is 10.8. The van der Waals surface area contributed by atoms with Gasteiger partial charge in [-0.15, -0.1) is 0 Å². The molecule has 0 unspecified atom stereocenters. The molecule has 1 atom stereocenters. The lowest BCUT2D eigenvalue weighted by Crippen LogP contribution is -2.34. The second kappa shape index (κ2) is 7.87. The summed E-state index contributed by atoms with van der Waals surface area (Å²) in [5, 5.41) is 25.7. The molecule has 0 aliphatic heterocycles. The van der Waals surface area contributed by atoms with Crippen LogP contribution in [-0.4, -0.2) is 35.5 Å². The molecular weight excluding hydrogens is 310 g/mol. The predicted octanol–water partition coefficient (Wildman–Crippen LogP) is 2.06. The summed E-state index contributed by atoms with van der Waals surface area (Å²) in [4.78, 5) is 12.0. The molecule has 0 spiro atoms. The molecule has 7 heteroatoms. The van der Waals surface area contributed by atoms with Crippen molar-refractivity contribution in [3.63, 3.8) is 0 Å². The van der Waals surface area contributed by atoms with Gasteiger partial charge in [0.25, 0.3) is 5.91 Å². The molecule has 1 amide bonds. The van der Waals surface area contributed by atoms with E-state index in [-0.39, 0.29) is 17.4 Å². The van der Waals surface area contributed by atoms with Crippen molar-refractivity contribution >= 4 is 17.8 Å². The number of hydrogen-bond donors (Lipinski definition) is 4. The number of phenols is 2. The number of carbonyl (C=O) groups excluding carboxylic acids is 1. The van der Waals surface area contributed by atoms with Crippen molar-refractivity contribution in [2.24, 2.45) is 5.10 Å². The number of hydrazone groups is 1. The highest BCUT2D eigenvalue weighted by molar-refractivity contribution is 5.87. The maximum Gasteiger partial charge on any atom is 0.262 e. The van der Waals surface area contributed by atoms with E-state index < -0.39 is 6.04 Å². The van der Waals surface area contributed by atoms with Gasteiger partial charge in [-0.3, -0.25) is 4.79 Å². The van der Waals surface area contributed by atoms with Crippen LogP contribution in [0.15, 0.2) is 47.6 Å². The molecule has 126 valence electrons. The van der Waals surface area contributed by atoms with Crippen molar-refractivity contribution in [1.82, 2.24) is 5.43 Å². The predicted molar refractivity (Wildman–Crippen MR) is 91.6 cm³/mol. The van der Waals surface area contributed by atoms with Crippen LogP contribution in [0.3, 0.4) is 0 Å². The zero-order chi connectivity index (χ0) is 17.5. The number of methoxy groups -OCH3 is 1. The van der Waals surface area contributed by atoms with Crippen molar-refractivity contribution in [1.29, 1.82) is 0 Å². The van der Waals surface area contributed by atoms with Gasteiger partial charge < -0.3 is 20.3 Å². The molecule has 0 aliphatic rings. The van der Waals surface area contributed by atoms with Gasteiger partial charge in [0, 0.05) is 17.3 Å². The van der Waals surface area contributed by atoms with Gasteiger partial charge in [0.2, 0.25) is 0 Å². The minimum Gasteiger partial charge on any atom is -0.508 e. The first-order chi connectivity index (χ1) is 11.5. The summed E-state index contributed by atoms with van der Waals surface area (Å²) in [5.74, 6) is 0.222. The summed E-state index contributed by atoms with van der Waals surface area (Å²) in [6.07, 6.45) is 1.30. The third-order valence-electron chi connectivity index (χ3n) is 3.26. The van der Waals surface area contributed by atoms with Crippen molar-refractivity contribution in [3.05, 3.63) is 48.0 Å². The number of nitrogens with one attached hydrogen (secondary N) is 2. The van der Waals surface area contributed by atoms with Gasteiger partial charge in [-0.2, -0.15) is 5.10 Å². The molecule has 0 bridgehead atoms. The molecule has 4 N–H and O–H groups in total. The Morgan fingerprint density at radius 2 is 1.92 bits per heavy atom. The fourth-order valence-corrected chi connectivity index (χ4v) is 1.91. The first-order valence-electron chi connectivity index (χ1n) is 7.25. The van der Waals surface area contributed by atoms with E-state index in [2.05, 4.69) is 15.8 Å². The molecule has 24 heavy (non-hydrogen) atoms. The van der Waals surface area contributed by atoms with E-state index in [1.165, 1.54) is 24.4 Å². The van der Waals surface area contributed by atoms with E-state index >= 15 is 0 Å². The Morgan fingerprint density at radius 1 is 1.21 bits per heavy atom. The molecule has 0 fully saturated rings. The van der Waals surface area contributed by atoms with E-state index in [1.54, 1.807) is 38.3 Å². The van der Waals surface area contributed by atoms with Crippen LogP contribution in [0.4, 0.5) is 5.69 Å². The van der Waals surface area contributed by atoms with Gasteiger partial charge in [0.1, 0.15) is 23.3 Å². The molecule has 7 nitrogen and oxygen atoms in total. The average molecular weight is 329 g/mol. The van der Waals surface area contributed by atoms with Crippen LogP contribution in [0.1, 0.15) is 12.5 Å². The van der Waals surface area contributed by atoms with E-state index in [0.29, 0.717) is 5.56 Å². The van der Waals surface area contributed by atoms with Gasteiger partial charge in [0.05, 0.1) is 13.3 Å². The number of aromatic hydroxyl groups is 2. The van der Waals surface area contributed by atoms with Crippen LogP contribution in [0.5, 0.6) is 17.2 Å². The first-order valence-corrected chi connectivity index (χ1v) is 7.25. The number of ether oxygens (including phenoxy) is 1. The molecule has 0 saturated carbocycles. The minimum atomic E-state index is -0.510. The largest absolute Gasteiger partial charge is 0.508 e. The third kappa shape index (κ3) is 4.64. The number of carbonyl (C=O) groups is 1. The van der Waals surface area contributed by atoms with Crippen LogP contribution in [0.25, 0.3) is 0 Å². The summed E-state index contributed by atoms with van der Waals surface area (Å²) in [6.45, 7) is 1.70. The van der Waals surface area contributed by atoms with Crippen LogP contribution >= 0.6 is 0 Å². The molecule has 0 radical (unpaired) electrons. The van der Waals surface area contributed by atoms with Crippen LogP contribution < -0.4 is 15.5 Å². The number of amides is 1. The summed E-state index contributed by atoms with van der Waals surface area (Å²) in [7, 11) is 1.59. The number of benzene rings is 2. The summed E-state index contributed by atoms with van der Waals surface area (Å²) >= 11 is 0. The Hall–Kier alpha value is -3.22. The van der Waals surface area contributed by atoms with Gasteiger partial charge in [-0.1, -0.05) is 0 Å². The van der Waals surface area contributed by atoms with Crippen molar-refractivity contribution in [3.8, 4) is 17.2 Å². The normalized spacial score (nSPS) is 11.9. The topological polar surface area (TPSA) is 103 Å². The first kappa shape index (κ1) is 17.1. The van der Waals surface area contributed by atoms with E-state index in [4.69, 9.17) is 4.74 Å². The van der Waals surface area contributed by atoms with Crippen LogP contribution in [0.2, 0.25) is 0 Å². The highest BCUT2D eigenvalue weighted by atomic mass is 16.5. The Morgan fingerprint density at radius 3 is 2.54 bits per heavy atom. The second-order valence-electron chi connectivity index (χ2n) is 5.07. The lowest BCUT2D eigenvalue weighted by Gasteiger charge is -2.13. The monoisotopic (exact) mass is 329 g/mol. The van der Waals surface area contributed by atoms with Gasteiger partial charge in [0.15, 0.2) is 0 Å². The standard InChI is InChI=1S/C17H19N3O4/c1-11(19-13-4-7-15(24-2)8-5-13)17(23)20-18-10-12-3-6-14(21)9-16(12)22/h3-11,19,21-22H,1-2H3,(H,20,23)/b18-10-/t11-/m1/s1. The van der Waals surface area contributed by atoms with Crippen molar-refractivity contribution in [2.45, 2.75) is 13.0 Å². The fourth-order valence-electron chi connectivity index (χ4n) is 1.91. The zero-order valence-corrected chi connectivity index (χ0v) is 13.4. The smallest absolute Gasteiger partial charge is 0.262 e. The second-order valence-corrected chi connectivity index (χ2v) is 5.07. The summed E-state index contributed by atoms with van der Waals surface area (Å²) in [5.41, 5.74) is 3.54. The Bertz CT molecular complexity index is 729. The Labute approximate surface area is 139 Å². The Balaban J connectivity index is 1.89. The number of nitrogens with zero attached hydrogens (tertiary/aromatic N) is 1. The molecule has 0 saturated heterocycles. The quantitative estimate of drug-likeness (QED) is 0.480. The van der Waals surface area contributed by atoms with Crippen molar-refractivity contribution < 1.29 is 19.7 Å². The van der Waals surface area contributed by atoms with E-state index in [9.17, 15) is 15.0 Å². The molecule has 2 rings (SSSR count). The maximum absolute atomic E-state index is 12.0. The SMILES string of the molecule is COc1ccc(N[C@H](C)C(=O)N/N=C\c2ccc(O)cc2O)cc1.